The third-order valence-corrected chi connectivity index (χ3v) is 6.96. The van der Waals surface area contributed by atoms with Crippen LogP contribution in [-0.2, 0) is 21.9 Å². The number of sulfonamides is 1. The van der Waals surface area contributed by atoms with E-state index in [0.717, 1.165) is 12.8 Å². The third-order valence-electron chi connectivity index (χ3n) is 5.07. The summed E-state index contributed by atoms with van der Waals surface area (Å²) in [6, 6.07) is 1.79. The van der Waals surface area contributed by atoms with E-state index in [9.17, 15) is 13.2 Å². The summed E-state index contributed by atoms with van der Waals surface area (Å²) in [7, 11) is -1.65. The minimum absolute atomic E-state index is 0.0683. The number of rotatable bonds is 8. The number of carbonyl (C=O) groups excluding carboxylic acids is 1. The first-order chi connectivity index (χ1) is 12.2. The van der Waals surface area contributed by atoms with E-state index >= 15 is 0 Å². The Morgan fingerprint density at radius 3 is 2.42 bits per heavy atom. The molecule has 1 aliphatic heterocycles. The predicted molar refractivity (Wildman–Crippen MR) is 103 cm³/mol. The molecule has 1 amide bonds. The van der Waals surface area contributed by atoms with Crippen molar-refractivity contribution in [2.45, 2.75) is 63.8 Å². The van der Waals surface area contributed by atoms with Crippen molar-refractivity contribution in [3.63, 3.8) is 0 Å². The normalized spacial score (nSPS) is 18.2. The first kappa shape index (κ1) is 21.0. The van der Waals surface area contributed by atoms with Gasteiger partial charge in [0.25, 0.3) is 0 Å². The number of hydrogen-bond acceptors (Lipinski definition) is 3. The Kier molecular flexibility index (Phi) is 7.29. The van der Waals surface area contributed by atoms with E-state index in [1.54, 1.807) is 30.1 Å². The number of hydrogen-bond donors (Lipinski definition) is 1. The van der Waals surface area contributed by atoms with Gasteiger partial charge in [-0.1, -0.05) is 26.7 Å². The fraction of sp³-hybridized carbons (Fsp3) is 0.737. The summed E-state index contributed by atoms with van der Waals surface area (Å²) < 4.78 is 28.5. The van der Waals surface area contributed by atoms with Crippen molar-refractivity contribution < 1.29 is 13.2 Å². The first-order valence-corrected chi connectivity index (χ1v) is 11.1. The van der Waals surface area contributed by atoms with Gasteiger partial charge in [0.15, 0.2) is 0 Å². The van der Waals surface area contributed by atoms with Crippen LogP contribution < -0.4 is 5.32 Å². The molecule has 0 aliphatic carbocycles. The Morgan fingerprint density at radius 2 is 1.88 bits per heavy atom. The van der Waals surface area contributed by atoms with Crippen LogP contribution in [0.2, 0.25) is 0 Å². The van der Waals surface area contributed by atoms with Crippen LogP contribution in [0, 0.1) is 11.8 Å². The highest BCUT2D eigenvalue weighted by Gasteiger charge is 2.32. The lowest BCUT2D eigenvalue weighted by molar-refractivity contribution is -0.126. The highest BCUT2D eigenvalue weighted by molar-refractivity contribution is 7.89. The van der Waals surface area contributed by atoms with E-state index in [2.05, 4.69) is 19.2 Å². The summed E-state index contributed by atoms with van der Waals surface area (Å²) in [5.41, 5.74) is 0. The van der Waals surface area contributed by atoms with Crippen LogP contribution in [0.4, 0.5) is 0 Å². The third kappa shape index (κ3) is 5.58. The average Bonchev–Trinajstić information content (AvgIpc) is 3.02. The zero-order valence-corrected chi connectivity index (χ0v) is 17.3. The molecule has 2 heterocycles. The van der Waals surface area contributed by atoms with E-state index in [4.69, 9.17) is 0 Å². The molecule has 6 nitrogen and oxygen atoms in total. The molecule has 0 spiro atoms. The standard InChI is InChI=1S/C19H33N3O3S/c1-15(2)6-5-7-16(3)20-19(23)17-8-12-22(13-9-17)26(24,25)18-10-11-21(4)14-18/h10-11,14-17H,5-9,12-13H2,1-4H3,(H,20,23)/t16-/m0/s1. The Bertz CT molecular complexity index is 689. The molecule has 26 heavy (non-hydrogen) atoms. The van der Waals surface area contributed by atoms with Gasteiger partial charge in [-0.15, -0.1) is 0 Å². The van der Waals surface area contributed by atoms with Crippen molar-refractivity contribution in [3.05, 3.63) is 18.5 Å². The second-order valence-electron chi connectivity index (χ2n) is 7.93. The monoisotopic (exact) mass is 383 g/mol. The lowest BCUT2D eigenvalue weighted by Gasteiger charge is -2.31. The highest BCUT2D eigenvalue weighted by Crippen LogP contribution is 2.24. The molecule has 0 aromatic carbocycles. The van der Waals surface area contributed by atoms with E-state index in [0.29, 0.717) is 36.7 Å². The summed E-state index contributed by atoms with van der Waals surface area (Å²) in [4.78, 5) is 12.8. The van der Waals surface area contributed by atoms with Gasteiger partial charge in [-0.2, -0.15) is 4.31 Å². The van der Waals surface area contributed by atoms with Gasteiger partial charge in [0.1, 0.15) is 0 Å². The fourth-order valence-corrected chi connectivity index (χ4v) is 4.92. The minimum Gasteiger partial charge on any atom is -0.356 e. The van der Waals surface area contributed by atoms with Gasteiger partial charge in [-0.25, -0.2) is 8.42 Å². The Hall–Kier alpha value is -1.34. The molecule has 0 saturated carbocycles. The second kappa shape index (κ2) is 9.04. The maximum absolute atomic E-state index is 12.6. The molecule has 1 atom stereocenters. The van der Waals surface area contributed by atoms with Crippen molar-refractivity contribution in [2.24, 2.45) is 18.9 Å². The molecule has 148 valence electrons. The zero-order valence-electron chi connectivity index (χ0n) is 16.4. The van der Waals surface area contributed by atoms with Crippen molar-refractivity contribution in [3.8, 4) is 0 Å². The lowest BCUT2D eigenvalue weighted by atomic mass is 9.96. The molecule has 1 aromatic rings. The van der Waals surface area contributed by atoms with Gasteiger partial charge in [-0.3, -0.25) is 4.79 Å². The number of nitrogens with zero attached hydrogens (tertiary/aromatic N) is 2. The second-order valence-corrected chi connectivity index (χ2v) is 9.86. The smallest absolute Gasteiger partial charge is 0.244 e. The Balaban J connectivity index is 1.81. The topological polar surface area (TPSA) is 71.4 Å². The average molecular weight is 384 g/mol. The molecule has 1 N–H and O–H groups in total. The molecule has 0 radical (unpaired) electrons. The van der Waals surface area contributed by atoms with Gasteiger partial charge in [0.05, 0.1) is 4.90 Å². The molecule has 0 bridgehead atoms. The van der Waals surface area contributed by atoms with E-state index in [1.807, 2.05) is 6.92 Å². The van der Waals surface area contributed by atoms with E-state index < -0.39 is 10.0 Å². The summed E-state index contributed by atoms with van der Waals surface area (Å²) in [5.74, 6) is 0.664. The first-order valence-electron chi connectivity index (χ1n) is 9.62. The number of aromatic nitrogens is 1. The molecule has 1 fully saturated rings. The van der Waals surface area contributed by atoms with Crippen molar-refractivity contribution in [2.75, 3.05) is 13.1 Å². The van der Waals surface area contributed by atoms with Crippen LogP contribution in [0.5, 0.6) is 0 Å². The molecular weight excluding hydrogens is 350 g/mol. The number of piperidine rings is 1. The molecule has 2 rings (SSSR count). The van der Waals surface area contributed by atoms with Crippen LogP contribution in [-0.4, -0.2) is 42.3 Å². The van der Waals surface area contributed by atoms with Crippen LogP contribution >= 0.6 is 0 Å². The fourth-order valence-electron chi connectivity index (χ4n) is 3.40. The van der Waals surface area contributed by atoms with Gasteiger partial charge in [-0.05, 0) is 38.2 Å². The summed E-state index contributed by atoms with van der Waals surface area (Å²) in [6.07, 6.45) is 7.79. The van der Waals surface area contributed by atoms with Gasteiger partial charge in [0, 0.05) is 44.5 Å². The predicted octanol–water partition coefficient (Wildman–Crippen LogP) is 2.76. The SMILES string of the molecule is CC(C)CCC[C@H](C)NC(=O)C1CCN(S(=O)(=O)c2ccn(C)c2)CC1. The quantitative estimate of drug-likeness (QED) is 0.750. The summed E-state index contributed by atoms with van der Waals surface area (Å²) >= 11 is 0. The van der Waals surface area contributed by atoms with Crippen molar-refractivity contribution in [1.29, 1.82) is 0 Å². The summed E-state index contributed by atoms with van der Waals surface area (Å²) in [5, 5.41) is 3.10. The van der Waals surface area contributed by atoms with Crippen LogP contribution in [0.3, 0.4) is 0 Å². The van der Waals surface area contributed by atoms with Crippen molar-refractivity contribution in [1.82, 2.24) is 14.2 Å². The van der Waals surface area contributed by atoms with Crippen LogP contribution in [0.1, 0.15) is 52.9 Å². The van der Waals surface area contributed by atoms with Gasteiger partial charge < -0.3 is 9.88 Å². The molecule has 7 heteroatoms. The molecule has 1 aromatic heterocycles. The lowest BCUT2D eigenvalue weighted by Crippen LogP contribution is -2.44. The number of carbonyl (C=O) groups is 1. The van der Waals surface area contributed by atoms with Crippen molar-refractivity contribution >= 4 is 15.9 Å². The highest BCUT2D eigenvalue weighted by atomic mass is 32.2. The van der Waals surface area contributed by atoms with Gasteiger partial charge in [0.2, 0.25) is 15.9 Å². The Labute approximate surface area is 158 Å². The number of amides is 1. The number of aryl methyl sites for hydroxylation is 1. The zero-order chi connectivity index (χ0) is 19.3. The van der Waals surface area contributed by atoms with Crippen LogP contribution in [0.25, 0.3) is 0 Å². The Morgan fingerprint density at radius 1 is 1.23 bits per heavy atom. The maximum atomic E-state index is 12.6. The maximum Gasteiger partial charge on any atom is 0.244 e. The molecular formula is C19H33N3O3S. The van der Waals surface area contributed by atoms with Crippen LogP contribution in [0.15, 0.2) is 23.4 Å². The molecule has 1 aliphatic rings. The van der Waals surface area contributed by atoms with Gasteiger partial charge >= 0.3 is 0 Å². The summed E-state index contributed by atoms with van der Waals surface area (Å²) in [6.45, 7) is 7.27. The van der Waals surface area contributed by atoms with E-state index in [1.165, 1.54) is 10.7 Å². The largest absolute Gasteiger partial charge is 0.356 e. The molecule has 1 saturated heterocycles. The van der Waals surface area contributed by atoms with E-state index in [-0.39, 0.29) is 17.9 Å². The molecule has 0 unspecified atom stereocenters. The number of nitrogens with one attached hydrogen (secondary N) is 1. The minimum atomic E-state index is -3.45.